The predicted octanol–water partition coefficient (Wildman–Crippen LogP) is 2.55. The zero-order valence-corrected chi connectivity index (χ0v) is 22.9. The van der Waals surface area contributed by atoms with Crippen molar-refractivity contribution in [2.45, 2.75) is 51.0 Å². The summed E-state index contributed by atoms with van der Waals surface area (Å²) in [5.74, 6) is 2.56. The fraction of sp³-hybridized carbons (Fsp3) is 0.516. The first-order chi connectivity index (χ1) is 18.7. The first-order valence-corrected chi connectivity index (χ1v) is 14.5. The van der Waals surface area contributed by atoms with E-state index in [1.165, 1.54) is 68.4 Å². The second kappa shape index (κ2) is 11.4. The van der Waals surface area contributed by atoms with Crippen LogP contribution in [-0.2, 0) is 6.42 Å². The van der Waals surface area contributed by atoms with E-state index in [0.29, 0.717) is 6.61 Å². The number of nitrogens with zero attached hydrogens (tertiary/aromatic N) is 1. The SMILES string of the molecule is COc1cc2c(cc1OCC[NH+]1CCCCC1)-c1[nH]nc(-c3ccc(OCCC4CCC[NH+]4C)cc3)c1C2. The third kappa shape index (κ3) is 5.27. The molecule has 1 aliphatic carbocycles. The topological polar surface area (TPSA) is 65.2 Å². The summed E-state index contributed by atoms with van der Waals surface area (Å²) in [6.07, 6.45) is 8.64. The van der Waals surface area contributed by atoms with Crippen molar-refractivity contribution in [2.24, 2.45) is 0 Å². The van der Waals surface area contributed by atoms with Crippen LogP contribution in [-0.4, -0.2) is 69.8 Å². The molecule has 6 rings (SSSR count). The number of piperidine rings is 1. The Bertz CT molecular complexity index is 1230. The molecule has 3 aromatic rings. The summed E-state index contributed by atoms with van der Waals surface area (Å²) in [5, 5.41) is 8.02. The summed E-state index contributed by atoms with van der Waals surface area (Å²) in [5.41, 5.74) is 6.86. The molecule has 2 unspecified atom stereocenters. The lowest BCUT2D eigenvalue weighted by atomic mass is 10.1. The van der Waals surface area contributed by atoms with Gasteiger partial charge in [0.1, 0.15) is 18.9 Å². The molecule has 1 aromatic heterocycles. The van der Waals surface area contributed by atoms with E-state index in [2.05, 4.69) is 48.5 Å². The minimum absolute atomic E-state index is 0.707. The second-order valence-electron chi connectivity index (χ2n) is 11.3. The number of quaternary nitrogens is 2. The van der Waals surface area contributed by atoms with Crippen molar-refractivity contribution in [3.05, 3.63) is 47.5 Å². The fourth-order valence-corrected chi connectivity index (χ4v) is 6.55. The maximum absolute atomic E-state index is 6.25. The quantitative estimate of drug-likeness (QED) is 0.302. The largest absolute Gasteiger partial charge is 0.493 e. The predicted molar refractivity (Wildman–Crippen MR) is 149 cm³/mol. The van der Waals surface area contributed by atoms with Gasteiger partial charge in [0.25, 0.3) is 0 Å². The Hall–Kier alpha value is -3.03. The van der Waals surface area contributed by atoms with Gasteiger partial charge in [-0.1, -0.05) is 0 Å². The number of hydrogen-bond acceptors (Lipinski definition) is 4. The van der Waals surface area contributed by atoms with E-state index < -0.39 is 0 Å². The number of H-pyrrole nitrogens is 1. The van der Waals surface area contributed by atoms with Crippen molar-refractivity contribution in [3.8, 4) is 39.8 Å². The van der Waals surface area contributed by atoms with E-state index in [-0.39, 0.29) is 0 Å². The molecular weight excluding hydrogens is 476 g/mol. The van der Waals surface area contributed by atoms with Gasteiger partial charge >= 0.3 is 0 Å². The average Bonchev–Trinajstić information content (AvgIpc) is 3.65. The van der Waals surface area contributed by atoms with Crippen molar-refractivity contribution in [3.63, 3.8) is 0 Å². The molecule has 0 spiro atoms. The Morgan fingerprint density at radius 1 is 0.947 bits per heavy atom. The van der Waals surface area contributed by atoms with Gasteiger partial charge in [-0.25, -0.2) is 0 Å². The van der Waals surface area contributed by atoms with Gasteiger partial charge in [-0.2, -0.15) is 5.10 Å². The van der Waals surface area contributed by atoms with Gasteiger partial charge in [0.15, 0.2) is 11.5 Å². The first-order valence-electron chi connectivity index (χ1n) is 14.5. The molecule has 202 valence electrons. The molecule has 3 aliphatic rings. The van der Waals surface area contributed by atoms with Crippen LogP contribution in [0.25, 0.3) is 22.5 Å². The molecule has 0 radical (unpaired) electrons. The van der Waals surface area contributed by atoms with Gasteiger partial charge in [-0.15, -0.1) is 0 Å². The Morgan fingerprint density at radius 2 is 1.79 bits per heavy atom. The normalized spacial score (nSPS) is 20.8. The number of benzene rings is 2. The molecule has 0 amide bonds. The Morgan fingerprint density at radius 3 is 2.55 bits per heavy atom. The van der Waals surface area contributed by atoms with Crippen molar-refractivity contribution in [1.82, 2.24) is 10.2 Å². The van der Waals surface area contributed by atoms with Crippen molar-refractivity contribution < 1.29 is 24.0 Å². The molecule has 2 aromatic carbocycles. The number of aromatic amines is 1. The zero-order valence-electron chi connectivity index (χ0n) is 22.9. The lowest BCUT2D eigenvalue weighted by Crippen LogP contribution is -3.13. The lowest BCUT2D eigenvalue weighted by Gasteiger charge is -2.23. The summed E-state index contributed by atoms with van der Waals surface area (Å²) in [6.45, 7) is 6.34. The van der Waals surface area contributed by atoms with Crippen LogP contribution >= 0.6 is 0 Å². The van der Waals surface area contributed by atoms with Crippen LogP contribution in [0.2, 0.25) is 0 Å². The number of likely N-dealkylation sites (tertiary alicyclic amines) is 2. The standard InChI is InChI=1S/C31H40N4O3/c1-34-13-6-7-24(34)12-17-37-25-10-8-22(9-11-25)30-27-19-23-20-28(36-2)29(21-26(23)31(27)33-32-30)38-18-16-35-14-4-3-5-15-35/h8-11,20-21,24H,3-7,12-19H2,1-2H3,(H,32,33)/p+2. The summed E-state index contributed by atoms with van der Waals surface area (Å²) in [7, 11) is 4.02. The number of fused-ring (bicyclic) bond motifs is 3. The number of methoxy groups -OCH3 is 1. The van der Waals surface area contributed by atoms with E-state index in [4.69, 9.17) is 19.3 Å². The highest BCUT2D eigenvalue weighted by molar-refractivity contribution is 5.82. The number of aromatic nitrogens is 2. The van der Waals surface area contributed by atoms with Crippen LogP contribution in [0.3, 0.4) is 0 Å². The summed E-state index contributed by atoms with van der Waals surface area (Å²) in [6, 6.07) is 13.4. The molecule has 0 saturated carbocycles. The van der Waals surface area contributed by atoms with Crippen LogP contribution in [0.1, 0.15) is 49.7 Å². The van der Waals surface area contributed by atoms with Crippen LogP contribution in [0.4, 0.5) is 0 Å². The summed E-state index contributed by atoms with van der Waals surface area (Å²) in [4.78, 5) is 3.29. The number of nitrogens with one attached hydrogen (secondary N) is 3. The van der Waals surface area contributed by atoms with Crippen LogP contribution in [0.5, 0.6) is 17.2 Å². The van der Waals surface area contributed by atoms with Crippen LogP contribution in [0, 0.1) is 0 Å². The second-order valence-corrected chi connectivity index (χ2v) is 11.3. The van der Waals surface area contributed by atoms with Crippen LogP contribution < -0.4 is 24.0 Å². The lowest BCUT2D eigenvalue weighted by molar-refractivity contribution is -0.904. The van der Waals surface area contributed by atoms with Crippen LogP contribution in [0.15, 0.2) is 36.4 Å². The van der Waals surface area contributed by atoms with Gasteiger partial charge in [-0.05, 0) is 61.2 Å². The van der Waals surface area contributed by atoms with Gasteiger partial charge in [0.2, 0.25) is 0 Å². The minimum atomic E-state index is 0.707. The van der Waals surface area contributed by atoms with Gasteiger partial charge in [-0.3, -0.25) is 5.10 Å². The molecule has 7 heteroatoms. The highest BCUT2D eigenvalue weighted by Crippen LogP contribution is 2.44. The maximum Gasteiger partial charge on any atom is 0.162 e. The van der Waals surface area contributed by atoms with E-state index in [1.54, 1.807) is 16.9 Å². The fourth-order valence-electron chi connectivity index (χ4n) is 6.55. The Kier molecular flexibility index (Phi) is 7.56. The number of rotatable bonds is 10. The molecule has 2 atom stereocenters. The molecule has 38 heavy (non-hydrogen) atoms. The monoisotopic (exact) mass is 518 g/mol. The summed E-state index contributed by atoms with van der Waals surface area (Å²) >= 11 is 0. The molecule has 2 fully saturated rings. The summed E-state index contributed by atoms with van der Waals surface area (Å²) < 4.78 is 18.0. The van der Waals surface area contributed by atoms with Crippen molar-refractivity contribution in [1.29, 1.82) is 0 Å². The Balaban J connectivity index is 1.12. The average molecular weight is 519 g/mol. The highest BCUT2D eigenvalue weighted by atomic mass is 16.5. The Labute approximate surface area is 226 Å². The molecular formula is C31H42N4O3+2. The number of hydrogen-bond donors (Lipinski definition) is 3. The number of ether oxygens (including phenoxy) is 3. The molecule has 3 heterocycles. The molecule has 2 aliphatic heterocycles. The highest BCUT2D eigenvalue weighted by Gasteiger charge is 2.28. The molecule has 0 bridgehead atoms. The van der Waals surface area contributed by atoms with Gasteiger partial charge in [0.05, 0.1) is 57.8 Å². The van der Waals surface area contributed by atoms with E-state index in [1.807, 2.05) is 0 Å². The van der Waals surface area contributed by atoms with Crippen molar-refractivity contribution >= 4 is 0 Å². The van der Waals surface area contributed by atoms with E-state index >= 15 is 0 Å². The smallest absolute Gasteiger partial charge is 0.162 e. The molecule has 7 nitrogen and oxygen atoms in total. The molecule has 3 N–H and O–H groups in total. The van der Waals surface area contributed by atoms with Gasteiger partial charge in [0, 0.05) is 42.4 Å². The van der Waals surface area contributed by atoms with E-state index in [9.17, 15) is 0 Å². The zero-order chi connectivity index (χ0) is 25.9. The van der Waals surface area contributed by atoms with E-state index in [0.717, 1.165) is 66.2 Å². The van der Waals surface area contributed by atoms with Gasteiger partial charge < -0.3 is 24.0 Å². The maximum atomic E-state index is 6.25. The van der Waals surface area contributed by atoms with Crippen molar-refractivity contribution in [2.75, 3.05) is 53.6 Å². The third-order valence-electron chi connectivity index (χ3n) is 8.85. The first kappa shape index (κ1) is 25.3. The third-order valence-corrected chi connectivity index (χ3v) is 8.85. The minimum Gasteiger partial charge on any atom is -0.493 e. The molecule has 2 saturated heterocycles.